The summed E-state index contributed by atoms with van der Waals surface area (Å²) in [7, 11) is 0. The Bertz CT molecular complexity index is 1160. The largest absolute Gasteiger partial charge is 0.481 e. The van der Waals surface area contributed by atoms with Crippen molar-refractivity contribution < 1.29 is 23.5 Å². The second-order valence-electron chi connectivity index (χ2n) is 7.73. The van der Waals surface area contributed by atoms with Crippen molar-refractivity contribution in [2.45, 2.75) is 27.7 Å². The minimum atomic E-state index is -0.754. The number of rotatable bonds is 7. The maximum atomic E-state index is 12.2. The number of ether oxygens (including phenoxy) is 2. The van der Waals surface area contributed by atoms with Crippen molar-refractivity contribution >= 4 is 22.8 Å². The van der Waals surface area contributed by atoms with Crippen LogP contribution in [0.2, 0.25) is 0 Å². The number of esters is 1. The number of para-hydroxylation sites is 1. The van der Waals surface area contributed by atoms with Crippen molar-refractivity contribution in [3.63, 3.8) is 0 Å². The molecule has 0 atom stereocenters. The van der Waals surface area contributed by atoms with E-state index in [0.717, 1.165) is 11.1 Å². The average Bonchev–Trinajstić information content (AvgIpc) is 2.71. The predicted octanol–water partition coefficient (Wildman–Crippen LogP) is 3.78. The van der Waals surface area contributed by atoms with Crippen LogP contribution in [0.15, 0.2) is 51.7 Å². The summed E-state index contributed by atoms with van der Waals surface area (Å²) in [5.41, 5.74) is 1.24. The van der Waals surface area contributed by atoms with E-state index in [1.807, 2.05) is 45.9 Å². The molecule has 1 amide bonds. The maximum absolute atomic E-state index is 12.2. The Kier molecular flexibility index (Phi) is 6.74. The molecule has 3 rings (SSSR count). The number of benzene rings is 2. The van der Waals surface area contributed by atoms with Gasteiger partial charge in [-0.1, -0.05) is 32.0 Å². The molecule has 1 heterocycles. The topological polar surface area (TPSA) is 94.8 Å². The molecule has 31 heavy (non-hydrogen) atoms. The van der Waals surface area contributed by atoms with E-state index in [-0.39, 0.29) is 29.4 Å². The highest BCUT2D eigenvalue weighted by atomic mass is 16.6. The number of aryl methyl sites for hydroxylation is 2. The lowest BCUT2D eigenvalue weighted by Gasteiger charge is -2.11. The van der Waals surface area contributed by atoms with Crippen LogP contribution in [0.3, 0.4) is 0 Å². The molecule has 0 saturated heterocycles. The summed E-state index contributed by atoms with van der Waals surface area (Å²) in [5, 5.41) is 3.24. The third-order valence-electron chi connectivity index (χ3n) is 4.60. The Morgan fingerprint density at radius 3 is 2.45 bits per heavy atom. The van der Waals surface area contributed by atoms with E-state index in [1.165, 1.54) is 12.1 Å². The molecule has 0 fully saturated rings. The quantitative estimate of drug-likeness (QED) is 0.353. The summed E-state index contributed by atoms with van der Waals surface area (Å²) < 4.78 is 16.2. The highest BCUT2D eigenvalue weighted by Gasteiger charge is 2.15. The molecule has 0 aliphatic heterocycles. The minimum Gasteiger partial charge on any atom is -0.481 e. The van der Waals surface area contributed by atoms with Crippen LogP contribution >= 0.6 is 0 Å². The summed E-state index contributed by atoms with van der Waals surface area (Å²) >= 11 is 0. The van der Waals surface area contributed by atoms with Crippen molar-refractivity contribution in [3.8, 4) is 11.5 Å². The Balaban J connectivity index is 1.71. The lowest BCUT2D eigenvalue weighted by molar-refractivity contribution is -0.136. The molecule has 162 valence electrons. The van der Waals surface area contributed by atoms with Crippen LogP contribution in [0.5, 0.6) is 11.5 Å². The number of nitrogens with one attached hydrogen (secondary N) is 1. The van der Waals surface area contributed by atoms with Crippen molar-refractivity contribution in [3.05, 3.63) is 69.6 Å². The van der Waals surface area contributed by atoms with Crippen LogP contribution in [0, 0.1) is 19.8 Å². The van der Waals surface area contributed by atoms with Crippen molar-refractivity contribution in [2.75, 3.05) is 13.2 Å². The van der Waals surface area contributed by atoms with Gasteiger partial charge in [-0.05, 0) is 49.1 Å². The van der Waals surface area contributed by atoms with Crippen LogP contribution in [0.25, 0.3) is 11.0 Å². The zero-order valence-electron chi connectivity index (χ0n) is 18.0. The van der Waals surface area contributed by atoms with E-state index < -0.39 is 17.5 Å². The number of fused-ring (bicyclic) bond motifs is 1. The van der Waals surface area contributed by atoms with E-state index in [9.17, 15) is 14.4 Å². The van der Waals surface area contributed by atoms with Gasteiger partial charge >= 0.3 is 11.6 Å². The maximum Gasteiger partial charge on any atom is 0.349 e. The zero-order chi connectivity index (χ0) is 22.5. The normalized spacial score (nSPS) is 10.9. The number of carbonyl (C=O) groups is 2. The molecule has 0 aliphatic carbocycles. The van der Waals surface area contributed by atoms with Crippen LogP contribution < -0.4 is 20.4 Å². The Labute approximate surface area is 180 Å². The molecular formula is C24H25NO6. The zero-order valence-corrected chi connectivity index (χ0v) is 18.0. The van der Waals surface area contributed by atoms with Gasteiger partial charge < -0.3 is 19.2 Å². The fraction of sp³-hybridized carbons (Fsp3) is 0.292. The number of amides is 1. The van der Waals surface area contributed by atoms with Crippen molar-refractivity contribution in [2.24, 2.45) is 5.92 Å². The molecule has 2 aromatic carbocycles. The van der Waals surface area contributed by atoms with Crippen molar-refractivity contribution in [1.82, 2.24) is 5.32 Å². The first kappa shape index (κ1) is 22.1. The van der Waals surface area contributed by atoms with Gasteiger partial charge in [0.15, 0.2) is 6.61 Å². The standard InChI is InChI=1S/C24H25NO6/c1-14(2)12-25-23(27)19-10-17-8-9-18(11-20(17)31-24(19)28)30-21(26)13-29-22-15(3)6-5-7-16(22)4/h5-11,14H,12-13H2,1-4H3,(H,25,27). The molecule has 0 bridgehead atoms. The van der Waals surface area contributed by atoms with Crippen LogP contribution in [-0.4, -0.2) is 25.0 Å². The van der Waals surface area contributed by atoms with Gasteiger partial charge in [-0.15, -0.1) is 0 Å². The van der Waals surface area contributed by atoms with Crippen LogP contribution in [-0.2, 0) is 4.79 Å². The third-order valence-corrected chi connectivity index (χ3v) is 4.60. The molecule has 1 N–H and O–H groups in total. The van der Waals surface area contributed by atoms with Crippen LogP contribution in [0.4, 0.5) is 0 Å². The van der Waals surface area contributed by atoms with Gasteiger partial charge in [-0.2, -0.15) is 0 Å². The Morgan fingerprint density at radius 1 is 1.06 bits per heavy atom. The van der Waals surface area contributed by atoms with Gasteiger partial charge in [0, 0.05) is 18.0 Å². The molecule has 0 unspecified atom stereocenters. The second-order valence-corrected chi connectivity index (χ2v) is 7.73. The summed E-state index contributed by atoms with van der Waals surface area (Å²) in [6.45, 7) is 7.91. The Morgan fingerprint density at radius 2 is 1.77 bits per heavy atom. The SMILES string of the molecule is Cc1cccc(C)c1OCC(=O)Oc1ccc2cc(C(=O)NCC(C)C)c(=O)oc2c1. The lowest BCUT2D eigenvalue weighted by Crippen LogP contribution is -2.31. The number of hydrogen-bond acceptors (Lipinski definition) is 6. The molecule has 7 heteroatoms. The Hall–Kier alpha value is -3.61. The van der Waals surface area contributed by atoms with Gasteiger partial charge in [-0.3, -0.25) is 4.79 Å². The van der Waals surface area contributed by atoms with E-state index in [2.05, 4.69) is 5.32 Å². The summed E-state index contributed by atoms with van der Waals surface area (Å²) in [6.07, 6.45) is 0. The molecule has 0 aliphatic rings. The van der Waals surface area contributed by atoms with E-state index in [1.54, 1.807) is 12.1 Å². The minimum absolute atomic E-state index is 0.0695. The van der Waals surface area contributed by atoms with E-state index >= 15 is 0 Å². The lowest BCUT2D eigenvalue weighted by atomic mass is 10.1. The highest BCUT2D eigenvalue weighted by molar-refractivity contribution is 5.96. The molecule has 7 nitrogen and oxygen atoms in total. The number of carbonyl (C=O) groups excluding carboxylic acids is 2. The van der Waals surface area contributed by atoms with Gasteiger partial charge in [0.2, 0.25) is 0 Å². The van der Waals surface area contributed by atoms with E-state index in [4.69, 9.17) is 13.9 Å². The molecule has 0 saturated carbocycles. The monoisotopic (exact) mass is 423 g/mol. The smallest absolute Gasteiger partial charge is 0.349 e. The molecular weight excluding hydrogens is 398 g/mol. The summed E-state index contributed by atoms with van der Waals surface area (Å²) in [6, 6.07) is 11.8. The first-order valence-corrected chi connectivity index (χ1v) is 10.0. The highest BCUT2D eigenvalue weighted by Crippen LogP contribution is 2.23. The van der Waals surface area contributed by atoms with Gasteiger partial charge in [-0.25, -0.2) is 9.59 Å². The first-order valence-electron chi connectivity index (χ1n) is 10.0. The molecule has 3 aromatic rings. The van der Waals surface area contributed by atoms with Crippen LogP contribution in [0.1, 0.15) is 35.3 Å². The molecule has 1 aromatic heterocycles. The fourth-order valence-electron chi connectivity index (χ4n) is 3.02. The first-order chi connectivity index (χ1) is 14.7. The molecule has 0 spiro atoms. The van der Waals surface area contributed by atoms with Gasteiger partial charge in [0.25, 0.3) is 5.91 Å². The van der Waals surface area contributed by atoms with E-state index in [0.29, 0.717) is 17.7 Å². The third kappa shape index (κ3) is 5.51. The van der Waals surface area contributed by atoms with Gasteiger partial charge in [0.05, 0.1) is 0 Å². The average molecular weight is 423 g/mol. The summed E-state index contributed by atoms with van der Waals surface area (Å²) in [5.74, 6) is 0.0416. The second kappa shape index (κ2) is 9.47. The predicted molar refractivity (Wildman–Crippen MR) is 117 cm³/mol. The molecule has 0 radical (unpaired) electrons. The van der Waals surface area contributed by atoms with Gasteiger partial charge in [0.1, 0.15) is 22.6 Å². The van der Waals surface area contributed by atoms with Crippen molar-refractivity contribution in [1.29, 1.82) is 0 Å². The summed E-state index contributed by atoms with van der Waals surface area (Å²) in [4.78, 5) is 36.6. The fourth-order valence-corrected chi connectivity index (χ4v) is 3.02. The number of hydrogen-bond donors (Lipinski definition) is 1.